The number of rotatable bonds is 0. The van der Waals surface area contributed by atoms with Crippen molar-refractivity contribution >= 4 is 11.4 Å². The van der Waals surface area contributed by atoms with Gasteiger partial charge in [0.15, 0.2) is 0 Å². The van der Waals surface area contributed by atoms with E-state index in [1.807, 2.05) is 39.0 Å². The molecule has 0 aliphatic carbocycles. The molecule has 0 spiro atoms. The molecule has 2 heterocycles. The van der Waals surface area contributed by atoms with Crippen molar-refractivity contribution in [2.75, 3.05) is 32.9 Å². The number of pyridine rings is 1. The Labute approximate surface area is 126 Å². The molecule has 0 fully saturated rings. The molecule has 0 saturated heterocycles. The quantitative estimate of drug-likeness (QED) is 0.735. The lowest BCUT2D eigenvalue weighted by Gasteiger charge is -2.11. The summed E-state index contributed by atoms with van der Waals surface area (Å²) in [5.41, 5.74) is 3.63. The van der Waals surface area contributed by atoms with Crippen molar-refractivity contribution in [2.24, 2.45) is 9.98 Å². The topological polar surface area (TPSA) is 56.1 Å². The maximum Gasteiger partial charge on any atom is 0.0845 e. The Morgan fingerprint density at radius 2 is 1.71 bits per heavy atom. The van der Waals surface area contributed by atoms with Gasteiger partial charge in [0.05, 0.1) is 61.8 Å². The summed E-state index contributed by atoms with van der Waals surface area (Å²) in [4.78, 5) is 13.7. The Morgan fingerprint density at radius 3 is 2.48 bits per heavy atom. The second-order valence-corrected chi connectivity index (χ2v) is 5.10. The smallest absolute Gasteiger partial charge is 0.0845 e. The summed E-state index contributed by atoms with van der Waals surface area (Å²) in [5, 5.41) is 0. The van der Waals surface area contributed by atoms with Crippen LogP contribution in [0.5, 0.6) is 0 Å². The molecule has 0 N–H and O–H groups in total. The van der Waals surface area contributed by atoms with E-state index in [1.165, 1.54) is 0 Å². The van der Waals surface area contributed by atoms with Gasteiger partial charge in [-0.1, -0.05) is 6.07 Å². The van der Waals surface area contributed by atoms with E-state index in [0.717, 1.165) is 22.8 Å². The molecule has 1 aromatic heterocycles. The summed E-state index contributed by atoms with van der Waals surface area (Å²) < 4.78 is 11.1. The van der Waals surface area contributed by atoms with Crippen molar-refractivity contribution in [3.8, 4) is 0 Å². The van der Waals surface area contributed by atoms with Gasteiger partial charge in [-0.15, -0.1) is 0 Å². The summed E-state index contributed by atoms with van der Waals surface area (Å²) in [6, 6.07) is 5.94. The Morgan fingerprint density at radius 1 is 1.00 bits per heavy atom. The zero-order chi connectivity index (χ0) is 15.1. The van der Waals surface area contributed by atoms with Crippen LogP contribution in [0.2, 0.25) is 0 Å². The molecule has 5 nitrogen and oxygen atoms in total. The SMILES string of the molecule is C/C1=N\CCOCCOC(C)C/N=C(\C)c2cccc1n2. The van der Waals surface area contributed by atoms with Gasteiger partial charge >= 0.3 is 0 Å². The molecule has 0 aromatic carbocycles. The predicted octanol–water partition coefficient (Wildman–Crippen LogP) is 2.13. The standard InChI is InChI=1S/C16H23N3O2/c1-12-11-18-14(3)16-6-4-5-15(19-16)13(2)17-7-8-20-9-10-21-12/h4-6,12H,7-11H2,1-3H3/b17-13+,18-14+. The molecule has 2 rings (SSSR count). The molecule has 0 saturated carbocycles. The molecule has 2 bridgehead atoms. The molecule has 1 aromatic rings. The first-order valence-corrected chi connectivity index (χ1v) is 7.36. The first-order chi connectivity index (χ1) is 10.2. The molecular weight excluding hydrogens is 266 g/mol. The van der Waals surface area contributed by atoms with Gasteiger partial charge in [0.25, 0.3) is 0 Å². The van der Waals surface area contributed by atoms with E-state index in [2.05, 4.69) is 15.0 Å². The van der Waals surface area contributed by atoms with E-state index in [0.29, 0.717) is 32.9 Å². The largest absolute Gasteiger partial charge is 0.377 e. The highest BCUT2D eigenvalue weighted by Crippen LogP contribution is 2.05. The Hall–Kier alpha value is -1.59. The zero-order valence-corrected chi connectivity index (χ0v) is 13.0. The Balaban J connectivity index is 2.23. The van der Waals surface area contributed by atoms with Gasteiger partial charge in [-0.25, -0.2) is 4.98 Å². The minimum absolute atomic E-state index is 0.0786. The molecular formula is C16H23N3O2. The predicted molar refractivity (Wildman–Crippen MR) is 84.6 cm³/mol. The average Bonchev–Trinajstić information content (AvgIpc) is 2.51. The second-order valence-electron chi connectivity index (χ2n) is 5.10. The highest BCUT2D eigenvalue weighted by molar-refractivity contribution is 6.00. The van der Waals surface area contributed by atoms with Crippen molar-refractivity contribution in [3.63, 3.8) is 0 Å². The minimum Gasteiger partial charge on any atom is -0.377 e. The molecule has 1 unspecified atom stereocenters. The molecule has 1 aliphatic rings. The summed E-state index contributed by atoms with van der Waals surface area (Å²) in [7, 11) is 0. The number of ether oxygens (including phenoxy) is 2. The number of hydrogen-bond donors (Lipinski definition) is 0. The highest BCUT2D eigenvalue weighted by atomic mass is 16.5. The van der Waals surface area contributed by atoms with Crippen LogP contribution in [0.1, 0.15) is 32.2 Å². The van der Waals surface area contributed by atoms with Crippen molar-refractivity contribution in [1.29, 1.82) is 0 Å². The van der Waals surface area contributed by atoms with Gasteiger partial charge < -0.3 is 9.47 Å². The Kier molecular flexibility index (Phi) is 6.02. The van der Waals surface area contributed by atoms with Crippen molar-refractivity contribution in [1.82, 2.24) is 4.98 Å². The van der Waals surface area contributed by atoms with Crippen LogP contribution in [0.25, 0.3) is 0 Å². The third-order valence-electron chi connectivity index (χ3n) is 3.29. The maximum atomic E-state index is 5.65. The molecule has 0 amide bonds. The lowest BCUT2D eigenvalue weighted by atomic mass is 10.2. The van der Waals surface area contributed by atoms with E-state index >= 15 is 0 Å². The van der Waals surface area contributed by atoms with Crippen molar-refractivity contribution < 1.29 is 9.47 Å². The highest BCUT2D eigenvalue weighted by Gasteiger charge is 2.06. The summed E-state index contributed by atoms with van der Waals surface area (Å²) >= 11 is 0. The normalized spacial score (nSPS) is 26.7. The number of aromatic nitrogens is 1. The molecule has 21 heavy (non-hydrogen) atoms. The maximum absolute atomic E-state index is 5.65. The molecule has 5 heteroatoms. The average molecular weight is 289 g/mol. The lowest BCUT2D eigenvalue weighted by molar-refractivity contribution is 0.0182. The fourth-order valence-corrected chi connectivity index (χ4v) is 2.01. The van der Waals surface area contributed by atoms with Crippen LogP contribution < -0.4 is 0 Å². The van der Waals surface area contributed by atoms with E-state index in [1.54, 1.807) is 0 Å². The molecule has 1 atom stereocenters. The van der Waals surface area contributed by atoms with Gasteiger partial charge in [-0.2, -0.15) is 0 Å². The number of aliphatic imine (C=N–C) groups is 2. The van der Waals surface area contributed by atoms with E-state index < -0.39 is 0 Å². The van der Waals surface area contributed by atoms with Gasteiger partial charge in [-0.05, 0) is 32.9 Å². The summed E-state index contributed by atoms with van der Waals surface area (Å²) in [6.45, 7) is 9.02. The first kappa shape index (κ1) is 15.8. The van der Waals surface area contributed by atoms with Crippen LogP contribution >= 0.6 is 0 Å². The second kappa shape index (κ2) is 8.00. The first-order valence-electron chi connectivity index (χ1n) is 7.36. The fraction of sp³-hybridized carbons (Fsp3) is 0.562. The van der Waals surface area contributed by atoms with Crippen LogP contribution in [0.4, 0.5) is 0 Å². The van der Waals surface area contributed by atoms with Crippen LogP contribution in [-0.4, -0.2) is 55.4 Å². The van der Waals surface area contributed by atoms with E-state index in [9.17, 15) is 0 Å². The van der Waals surface area contributed by atoms with Crippen molar-refractivity contribution in [2.45, 2.75) is 26.9 Å². The number of nitrogens with zero attached hydrogens (tertiary/aromatic N) is 3. The summed E-state index contributed by atoms with van der Waals surface area (Å²) in [6.07, 6.45) is 0.0786. The summed E-state index contributed by atoms with van der Waals surface area (Å²) in [5.74, 6) is 0. The number of fused-ring (bicyclic) bond motifs is 2. The number of hydrogen-bond acceptors (Lipinski definition) is 5. The minimum atomic E-state index is 0.0786. The molecule has 0 radical (unpaired) electrons. The lowest BCUT2D eigenvalue weighted by Crippen LogP contribution is -2.17. The fourth-order valence-electron chi connectivity index (χ4n) is 2.01. The van der Waals surface area contributed by atoms with Gasteiger partial charge in [-0.3, -0.25) is 9.98 Å². The third-order valence-corrected chi connectivity index (χ3v) is 3.29. The van der Waals surface area contributed by atoms with Crippen LogP contribution in [-0.2, 0) is 9.47 Å². The third kappa shape index (κ3) is 5.02. The monoisotopic (exact) mass is 289 g/mol. The van der Waals surface area contributed by atoms with Crippen molar-refractivity contribution in [3.05, 3.63) is 29.6 Å². The Bertz CT molecular complexity index is 526. The zero-order valence-electron chi connectivity index (χ0n) is 13.0. The molecule has 114 valence electrons. The van der Waals surface area contributed by atoms with Crippen LogP contribution in [0.15, 0.2) is 28.2 Å². The van der Waals surface area contributed by atoms with Crippen LogP contribution in [0.3, 0.4) is 0 Å². The van der Waals surface area contributed by atoms with Gasteiger partial charge in [0.2, 0.25) is 0 Å². The van der Waals surface area contributed by atoms with E-state index in [-0.39, 0.29) is 6.10 Å². The van der Waals surface area contributed by atoms with Gasteiger partial charge in [0, 0.05) is 0 Å². The molecule has 1 aliphatic heterocycles. The van der Waals surface area contributed by atoms with Gasteiger partial charge in [0.1, 0.15) is 0 Å². The van der Waals surface area contributed by atoms with E-state index in [4.69, 9.17) is 9.47 Å². The van der Waals surface area contributed by atoms with Crippen LogP contribution in [0, 0.1) is 0 Å².